The van der Waals surface area contributed by atoms with Crippen LogP contribution >= 0.6 is 0 Å². The molecule has 1 aromatic heterocycles. The summed E-state index contributed by atoms with van der Waals surface area (Å²) < 4.78 is 2.09. The highest BCUT2D eigenvalue weighted by Crippen LogP contribution is 2.24. The summed E-state index contributed by atoms with van der Waals surface area (Å²) in [5.41, 5.74) is 1.67. The second kappa shape index (κ2) is 7.61. The molecule has 26 heavy (non-hydrogen) atoms. The van der Waals surface area contributed by atoms with Crippen LogP contribution < -0.4 is 10.6 Å². The maximum atomic E-state index is 13.0. The number of rotatable bonds is 4. The van der Waals surface area contributed by atoms with Gasteiger partial charge in [-0.15, -0.1) is 0 Å². The molecule has 2 heterocycles. The van der Waals surface area contributed by atoms with Gasteiger partial charge in [-0.05, 0) is 37.9 Å². The molecule has 7 heteroatoms. The van der Waals surface area contributed by atoms with Gasteiger partial charge in [0.1, 0.15) is 11.9 Å². The second-order valence-electron chi connectivity index (χ2n) is 8.14. The molecule has 144 valence electrons. The van der Waals surface area contributed by atoms with Crippen molar-refractivity contribution in [1.29, 1.82) is 0 Å². The lowest BCUT2D eigenvalue weighted by atomic mass is 9.86. The summed E-state index contributed by atoms with van der Waals surface area (Å²) in [6.07, 6.45) is 0.990. The number of fused-ring (bicyclic) bond motifs is 1. The van der Waals surface area contributed by atoms with Crippen LogP contribution in [-0.4, -0.2) is 52.9 Å². The number of nitrogens with one attached hydrogen (secondary N) is 2. The van der Waals surface area contributed by atoms with Crippen LogP contribution in [-0.2, 0) is 17.9 Å². The number of hydrogen-bond donors (Lipinski definition) is 2. The minimum atomic E-state index is -0.644. The second-order valence-corrected chi connectivity index (χ2v) is 8.14. The van der Waals surface area contributed by atoms with Crippen molar-refractivity contribution in [2.24, 2.45) is 5.41 Å². The van der Waals surface area contributed by atoms with Crippen molar-refractivity contribution in [2.75, 3.05) is 20.6 Å². The number of hydrogen-bond acceptors (Lipinski definition) is 4. The highest BCUT2D eigenvalue weighted by Gasteiger charge is 2.34. The first-order valence-corrected chi connectivity index (χ1v) is 9.02. The van der Waals surface area contributed by atoms with Gasteiger partial charge in [-0.3, -0.25) is 9.59 Å². The van der Waals surface area contributed by atoms with E-state index in [1.807, 2.05) is 34.7 Å². The highest BCUT2D eigenvalue weighted by atomic mass is 16.2. The first-order valence-electron chi connectivity index (χ1n) is 9.02. The fourth-order valence-electron chi connectivity index (χ4n) is 3.25. The van der Waals surface area contributed by atoms with E-state index in [1.165, 1.54) is 0 Å². The molecule has 1 atom stereocenters. The number of nitrogens with zero attached hydrogens (tertiary/aromatic N) is 3. The Labute approximate surface area is 155 Å². The zero-order valence-corrected chi connectivity index (χ0v) is 16.8. The van der Waals surface area contributed by atoms with Crippen molar-refractivity contribution in [1.82, 2.24) is 25.1 Å². The molecule has 1 unspecified atom stereocenters. The van der Waals surface area contributed by atoms with Crippen LogP contribution in [0.4, 0.5) is 0 Å². The molecule has 1 aliphatic rings. The van der Waals surface area contributed by atoms with E-state index in [4.69, 9.17) is 0 Å². The van der Waals surface area contributed by atoms with Crippen molar-refractivity contribution in [3.8, 4) is 0 Å². The third-order valence-electron chi connectivity index (χ3n) is 4.66. The van der Waals surface area contributed by atoms with Crippen molar-refractivity contribution in [2.45, 2.75) is 53.2 Å². The number of aromatic nitrogens is 2. The monoisotopic (exact) mass is 361 g/mol. The highest BCUT2D eigenvalue weighted by molar-refractivity contribution is 5.97. The summed E-state index contributed by atoms with van der Waals surface area (Å²) in [7, 11) is 3.61. The third kappa shape index (κ3) is 4.15. The lowest BCUT2D eigenvalue weighted by Crippen LogP contribution is -2.53. The van der Waals surface area contributed by atoms with Gasteiger partial charge in [0.15, 0.2) is 5.69 Å². The summed E-state index contributed by atoms with van der Waals surface area (Å²) in [6, 6.07) is -0.644. The van der Waals surface area contributed by atoms with Crippen LogP contribution in [0.25, 0.3) is 5.57 Å². The van der Waals surface area contributed by atoms with Crippen LogP contribution in [0.5, 0.6) is 0 Å². The topological polar surface area (TPSA) is 79.3 Å². The molecule has 7 nitrogen and oxygen atoms in total. The molecule has 0 fully saturated rings. The smallest absolute Gasteiger partial charge is 0.272 e. The summed E-state index contributed by atoms with van der Waals surface area (Å²) in [6.45, 7) is 14.1. The van der Waals surface area contributed by atoms with Gasteiger partial charge in [-0.2, -0.15) is 0 Å². The fourth-order valence-corrected chi connectivity index (χ4v) is 3.25. The van der Waals surface area contributed by atoms with Gasteiger partial charge in [-0.25, -0.2) is 4.98 Å². The van der Waals surface area contributed by atoms with E-state index >= 15 is 0 Å². The van der Waals surface area contributed by atoms with Gasteiger partial charge in [0.25, 0.3) is 5.91 Å². The average molecular weight is 361 g/mol. The standard InChI is InChI=1S/C19H31N5O2/c1-12(2)16-21-14(13-11-23(7)9-8-10-24(13)16)17(25)22-15(18(26)20-6)19(3,4)5/h15H,1,8-11H2,2-7H3,(H,20,26)(H,22,25). The minimum Gasteiger partial charge on any atom is -0.357 e. The van der Waals surface area contributed by atoms with E-state index in [0.717, 1.165) is 36.6 Å². The Morgan fingerprint density at radius 3 is 2.46 bits per heavy atom. The van der Waals surface area contributed by atoms with Crippen LogP contribution in [0.2, 0.25) is 0 Å². The van der Waals surface area contributed by atoms with Crippen molar-refractivity contribution < 1.29 is 9.59 Å². The lowest BCUT2D eigenvalue weighted by Gasteiger charge is -2.29. The predicted octanol–water partition coefficient (Wildman–Crippen LogP) is 1.64. The lowest BCUT2D eigenvalue weighted by molar-refractivity contribution is -0.124. The molecule has 0 bridgehead atoms. The Morgan fingerprint density at radius 2 is 1.92 bits per heavy atom. The normalized spacial score (nSPS) is 16.4. The molecular formula is C19H31N5O2. The SMILES string of the molecule is C=C(C)c1nc(C(=O)NC(C(=O)NC)C(C)(C)C)c2n1CCCN(C)C2. The largest absolute Gasteiger partial charge is 0.357 e. The molecule has 0 radical (unpaired) electrons. The van der Waals surface area contributed by atoms with Crippen LogP contribution in [0.3, 0.4) is 0 Å². The van der Waals surface area contributed by atoms with Crippen molar-refractivity contribution in [3.63, 3.8) is 0 Å². The number of amides is 2. The number of likely N-dealkylation sites (N-methyl/N-ethyl adjacent to an activating group) is 1. The van der Waals surface area contributed by atoms with E-state index in [9.17, 15) is 9.59 Å². The van der Waals surface area contributed by atoms with E-state index < -0.39 is 11.5 Å². The molecule has 2 amide bonds. The van der Waals surface area contributed by atoms with Gasteiger partial charge in [0.05, 0.1) is 5.69 Å². The van der Waals surface area contributed by atoms with Crippen LogP contribution in [0.15, 0.2) is 6.58 Å². The molecule has 0 saturated carbocycles. The molecule has 0 spiro atoms. The molecular weight excluding hydrogens is 330 g/mol. The van der Waals surface area contributed by atoms with Gasteiger partial charge in [-0.1, -0.05) is 27.4 Å². The van der Waals surface area contributed by atoms with Gasteiger partial charge in [0, 0.05) is 20.1 Å². The number of allylic oxidation sites excluding steroid dienone is 1. The zero-order valence-electron chi connectivity index (χ0n) is 16.8. The molecule has 0 aliphatic carbocycles. The first-order chi connectivity index (χ1) is 12.1. The third-order valence-corrected chi connectivity index (χ3v) is 4.66. The maximum Gasteiger partial charge on any atom is 0.272 e. The average Bonchev–Trinajstić information content (AvgIpc) is 2.78. The Balaban J connectivity index is 2.42. The summed E-state index contributed by atoms with van der Waals surface area (Å²) in [5.74, 6) is 0.209. The number of carbonyl (C=O) groups is 2. The van der Waals surface area contributed by atoms with Gasteiger partial charge in [0.2, 0.25) is 5.91 Å². The Kier molecular flexibility index (Phi) is 5.91. The Bertz CT molecular complexity index is 714. The fraction of sp³-hybridized carbons (Fsp3) is 0.632. The predicted molar refractivity (Wildman–Crippen MR) is 103 cm³/mol. The molecule has 1 aromatic rings. The Morgan fingerprint density at radius 1 is 1.27 bits per heavy atom. The maximum absolute atomic E-state index is 13.0. The van der Waals surface area contributed by atoms with E-state index in [-0.39, 0.29) is 11.8 Å². The quantitative estimate of drug-likeness (QED) is 0.854. The van der Waals surface area contributed by atoms with Gasteiger partial charge < -0.3 is 20.1 Å². The zero-order chi connectivity index (χ0) is 19.6. The number of imidazole rings is 1. The summed E-state index contributed by atoms with van der Waals surface area (Å²) in [4.78, 5) is 32.1. The first kappa shape index (κ1) is 20.2. The molecule has 2 rings (SSSR count). The molecule has 1 aliphatic heterocycles. The minimum absolute atomic E-state index is 0.214. The summed E-state index contributed by atoms with van der Waals surface area (Å²) >= 11 is 0. The van der Waals surface area contributed by atoms with Gasteiger partial charge >= 0.3 is 0 Å². The van der Waals surface area contributed by atoms with E-state index in [0.29, 0.717) is 12.2 Å². The number of carbonyl (C=O) groups excluding carboxylic acids is 2. The van der Waals surface area contributed by atoms with E-state index in [1.54, 1.807) is 7.05 Å². The van der Waals surface area contributed by atoms with Crippen LogP contribution in [0.1, 0.15) is 56.1 Å². The molecule has 0 saturated heterocycles. The molecule has 0 aromatic carbocycles. The van der Waals surface area contributed by atoms with Crippen LogP contribution in [0, 0.1) is 5.41 Å². The van der Waals surface area contributed by atoms with E-state index in [2.05, 4.69) is 31.7 Å². The Hall–Kier alpha value is -2.15. The molecule has 2 N–H and O–H groups in total. The summed E-state index contributed by atoms with van der Waals surface area (Å²) in [5, 5.41) is 5.52. The van der Waals surface area contributed by atoms with Crippen molar-refractivity contribution >= 4 is 17.4 Å². The van der Waals surface area contributed by atoms with Crippen molar-refractivity contribution in [3.05, 3.63) is 23.8 Å².